The number of piperidine rings is 1. The summed E-state index contributed by atoms with van der Waals surface area (Å²) in [4.78, 5) is 0. The summed E-state index contributed by atoms with van der Waals surface area (Å²) in [5.74, 6) is 0.730. The van der Waals surface area contributed by atoms with Crippen molar-refractivity contribution in [1.82, 2.24) is 4.31 Å². The molecule has 38 heavy (non-hydrogen) atoms. The molecule has 6 aliphatic rings. The summed E-state index contributed by atoms with van der Waals surface area (Å²) < 4.78 is 91.4. The first-order chi connectivity index (χ1) is 18.1. The Hall–Kier alpha value is -0.410. The number of hydrogen-bond donors (Lipinski definition) is 0. The van der Waals surface area contributed by atoms with E-state index >= 15 is 4.39 Å². The van der Waals surface area contributed by atoms with Crippen LogP contribution < -0.4 is 0 Å². The fourth-order valence-corrected chi connectivity index (χ4v) is 11.2. The van der Waals surface area contributed by atoms with Crippen LogP contribution in [0.15, 0.2) is 0 Å². The van der Waals surface area contributed by atoms with Crippen molar-refractivity contribution < 1.29 is 30.7 Å². The lowest BCUT2D eigenvalue weighted by molar-refractivity contribution is -0.181. The molecule has 0 amide bonds. The summed E-state index contributed by atoms with van der Waals surface area (Å²) in [7, 11) is -3.83. The van der Waals surface area contributed by atoms with Crippen molar-refractivity contribution in [2.45, 2.75) is 126 Å². The molecule has 218 valence electrons. The van der Waals surface area contributed by atoms with Gasteiger partial charge in [-0.3, -0.25) is 0 Å². The maximum absolute atomic E-state index is 15.1. The van der Waals surface area contributed by atoms with Crippen molar-refractivity contribution in [1.29, 1.82) is 0 Å². The molecule has 9 unspecified atom stereocenters. The molecule has 6 rings (SSSR count). The Morgan fingerprint density at radius 2 is 1.47 bits per heavy atom. The van der Waals surface area contributed by atoms with E-state index in [1.165, 1.54) is 25.7 Å². The van der Waals surface area contributed by atoms with Crippen molar-refractivity contribution in [2.24, 2.45) is 41.4 Å². The van der Waals surface area contributed by atoms with Gasteiger partial charge in [0, 0.05) is 18.5 Å². The predicted molar refractivity (Wildman–Crippen MR) is 138 cm³/mol. The van der Waals surface area contributed by atoms with Gasteiger partial charge in [-0.25, -0.2) is 12.8 Å². The molecule has 0 aromatic heterocycles. The summed E-state index contributed by atoms with van der Waals surface area (Å²) in [5, 5.41) is -0.948. The lowest BCUT2D eigenvalue weighted by atomic mass is 9.71. The van der Waals surface area contributed by atoms with Crippen LogP contribution in [0.4, 0.5) is 17.6 Å². The fourth-order valence-electron chi connectivity index (χ4n) is 8.85. The first kappa shape index (κ1) is 27.7. The predicted octanol–water partition coefficient (Wildman–Crippen LogP) is 6.89. The lowest BCUT2D eigenvalue weighted by Crippen LogP contribution is -2.57. The second kappa shape index (κ2) is 10.8. The first-order valence-corrected chi connectivity index (χ1v) is 17.0. The Kier molecular flexibility index (Phi) is 7.87. The molecule has 0 bridgehead atoms. The normalized spacial score (nSPS) is 43.5. The zero-order chi connectivity index (χ0) is 26.7. The molecule has 5 aliphatic carbocycles. The Labute approximate surface area is 225 Å². The van der Waals surface area contributed by atoms with Crippen molar-refractivity contribution in [3.8, 4) is 0 Å². The number of halogens is 4. The molecule has 0 aromatic rings. The van der Waals surface area contributed by atoms with E-state index in [1.807, 2.05) is 0 Å². The van der Waals surface area contributed by atoms with Gasteiger partial charge in [0.2, 0.25) is 10.0 Å². The van der Waals surface area contributed by atoms with E-state index in [0.717, 1.165) is 32.1 Å². The molecule has 1 aliphatic heterocycles. The summed E-state index contributed by atoms with van der Waals surface area (Å²) in [6.45, 7) is 0.826. The molecule has 9 heteroatoms. The van der Waals surface area contributed by atoms with E-state index in [1.54, 1.807) is 4.31 Å². The minimum Gasteiger partial charge on any atom is -0.377 e. The molecular weight excluding hydrogens is 518 g/mol. The third-order valence-corrected chi connectivity index (χ3v) is 13.6. The van der Waals surface area contributed by atoms with E-state index in [4.69, 9.17) is 4.74 Å². The monoisotopic (exact) mass is 563 g/mol. The number of alkyl halides is 4. The highest BCUT2D eigenvalue weighted by Crippen LogP contribution is 2.52. The molecule has 0 spiro atoms. The third kappa shape index (κ3) is 5.68. The highest BCUT2D eigenvalue weighted by Gasteiger charge is 2.53. The average Bonchev–Trinajstić information content (AvgIpc) is 3.80. The first-order valence-electron chi connectivity index (χ1n) is 15.5. The van der Waals surface area contributed by atoms with E-state index in [2.05, 4.69) is 0 Å². The zero-order valence-corrected chi connectivity index (χ0v) is 23.3. The quantitative estimate of drug-likeness (QED) is 0.317. The van der Waals surface area contributed by atoms with Crippen molar-refractivity contribution in [3.05, 3.63) is 0 Å². The molecule has 9 atom stereocenters. The van der Waals surface area contributed by atoms with Crippen molar-refractivity contribution >= 4 is 10.0 Å². The summed E-state index contributed by atoms with van der Waals surface area (Å²) in [6.07, 6.45) is 5.82. The van der Waals surface area contributed by atoms with E-state index in [0.29, 0.717) is 62.5 Å². The molecule has 1 saturated heterocycles. The fraction of sp³-hybridized carbons (Fsp3) is 1.00. The van der Waals surface area contributed by atoms with Crippen LogP contribution in [0, 0.1) is 41.4 Å². The molecule has 0 radical (unpaired) electrons. The molecule has 5 saturated carbocycles. The SMILES string of the molecule is O=S(=O)(C1CCCC(C(F)(F)F)C1)N1CCCC2CC(C3CC3)C(OCC3C(F)CCCC3C3CC3)CC21. The Morgan fingerprint density at radius 3 is 2.18 bits per heavy atom. The Morgan fingerprint density at radius 1 is 0.763 bits per heavy atom. The number of fused-ring (bicyclic) bond motifs is 1. The van der Waals surface area contributed by atoms with Crippen molar-refractivity contribution in [2.75, 3.05) is 13.2 Å². The van der Waals surface area contributed by atoms with Crippen molar-refractivity contribution in [3.63, 3.8) is 0 Å². The zero-order valence-electron chi connectivity index (χ0n) is 22.5. The maximum Gasteiger partial charge on any atom is 0.391 e. The minimum atomic E-state index is -4.34. The standard InChI is InChI=1S/C29H45F4NO3S/c30-26-8-2-7-23(18-9-10-18)25(26)17-37-28-16-27-20(14-24(28)19-11-12-19)4-3-13-34(27)38(35,36)22-6-1-5-21(15-22)29(31,32)33/h18-28H,1-17H2. The van der Waals surface area contributed by atoms with Crippen LogP contribution in [-0.4, -0.2) is 55.6 Å². The largest absolute Gasteiger partial charge is 0.391 e. The van der Waals surface area contributed by atoms with Gasteiger partial charge in [0.1, 0.15) is 6.17 Å². The van der Waals surface area contributed by atoms with E-state index in [-0.39, 0.29) is 36.8 Å². The highest BCUT2D eigenvalue weighted by molar-refractivity contribution is 7.89. The molecule has 0 N–H and O–H groups in total. The van der Waals surface area contributed by atoms with Gasteiger partial charge in [0.15, 0.2) is 0 Å². The van der Waals surface area contributed by atoms with Gasteiger partial charge in [0.05, 0.1) is 23.9 Å². The number of hydrogen-bond acceptors (Lipinski definition) is 3. The number of rotatable bonds is 7. The highest BCUT2D eigenvalue weighted by atomic mass is 32.2. The summed E-state index contributed by atoms with van der Waals surface area (Å²) in [6, 6.07) is -0.202. The number of nitrogens with zero attached hydrogens (tertiary/aromatic N) is 1. The van der Waals surface area contributed by atoms with Crippen LogP contribution in [0.25, 0.3) is 0 Å². The van der Waals surface area contributed by atoms with Gasteiger partial charge in [0.25, 0.3) is 0 Å². The molecular formula is C29H45F4NO3S. The van der Waals surface area contributed by atoms with E-state index in [9.17, 15) is 21.6 Å². The number of sulfonamides is 1. The van der Waals surface area contributed by atoms with Gasteiger partial charge < -0.3 is 4.74 Å². The summed E-state index contributed by atoms with van der Waals surface area (Å²) >= 11 is 0. The summed E-state index contributed by atoms with van der Waals surface area (Å²) in [5.41, 5.74) is 0. The Balaban J connectivity index is 1.17. The van der Waals surface area contributed by atoms with Gasteiger partial charge in [-0.2, -0.15) is 17.5 Å². The van der Waals surface area contributed by atoms with E-state index < -0.39 is 33.5 Å². The van der Waals surface area contributed by atoms with Crippen LogP contribution in [-0.2, 0) is 14.8 Å². The second-order valence-corrected chi connectivity index (χ2v) is 15.8. The molecule has 1 heterocycles. The third-order valence-electron chi connectivity index (χ3n) is 11.2. The maximum atomic E-state index is 15.1. The molecule has 6 fully saturated rings. The lowest BCUT2D eigenvalue weighted by Gasteiger charge is -2.50. The Bertz CT molecular complexity index is 937. The topological polar surface area (TPSA) is 46.6 Å². The molecule has 4 nitrogen and oxygen atoms in total. The van der Waals surface area contributed by atoms with Gasteiger partial charge in [-0.1, -0.05) is 12.8 Å². The van der Waals surface area contributed by atoms with Gasteiger partial charge >= 0.3 is 6.18 Å². The van der Waals surface area contributed by atoms with Crippen LogP contribution >= 0.6 is 0 Å². The van der Waals surface area contributed by atoms with Gasteiger partial charge in [-0.05, 0) is 113 Å². The molecule has 0 aromatic carbocycles. The number of ether oxygens (including phenoxy) is 1. The van der Waals surface area contributed by atoms with Crippen LogP contribution in [0.2, 0.25) is 0 Å². The van der Waals surface area contributed by atoms with Gasteiger partial charge in [-0.15, -0.1) is 0 Å². The van der Waals surface area contributed by atoms with Crippen LogP contribution in [0.5, 0.6) is 0 Å². The average molecular weight is 564 g/mol. The van der Waals surface area contributed by atoms with Crippen LogP contribution in [0.1, 0.15) is 96.3 Å². The smallest absolute Gasteiger partial charge is 0.377 e. The second-order valence-electron chi connectivity index (χ2n) is 13.6. The van der Waals surface area contributed by atoms with Crippen LogP contribution in [0.3, 0.4) is 0 Å². The minimum absolute atomic E-state index is 0.0269.